The van der Waals surface area contributed by atoms with Crippen molar-refractivity contribution in [2.24, 2.45) is 11.0 Å². The minimum atomic E-state index is -0.266. The summed E-state index contributed by atoms with van der Waals surface area (Å²) in [7, 11) is 0. The van der Waals surface area contributed by atoms with Gasteiger partial charge in [-0.2, -0.15) is 5.10 Å². The summed E-state index contributed by atoms with van der Waals surface area (Å²) >= 11 is 0. The summed E-state index contributed by atoms with van der Waals surface area (Å²) in [5, 5.41) is 4.32. The van der Waals surface area contributed by atoms with E-state index in [1.165, 1.54) is 0 Å². The largest absolute Gasteiger partial charge is 0.483 e. The second-order valence-corrected chi connectivity index (χ2v) is 6.69. The van der Waals surface area contributed by atoms with Gasteiger partial charge >= 0.3 is 0 Å². The quantitative estimate of drug-likeness (QED) is 0.550. The van der Waals surface area contributed by atoms with Crippen molar-refractivity contribution in [2.45, 2.75) is 40.0 Å². The van der Waals surface area contributed by atoms with Gasteiger partial charge in [-0.25, -0.2) is 5.43 Å². The molecule has 1 unspecified atom stereocenters. The number of benzene rings is 2. The Bertz CT molecular complexity index is 739. The van der Waals surface area contributed by atoms with Crippen LogP contribution in [0.25, 0.3) is 0 Å². The van der Waals surface area contributed by atoms with Crippen LogP contribution in [0.15, 0.2) is 59.7 Å². The molecule has 0 aliphatic carbocycles. The molecular formula is C22H28N2O2. The summed E-state index contributed by atoms with van der Waals surface area (Å²) in [6.45, 7) is 8.34. The first kappa shape index (κ1) is 19.7. The summed E-state index contributed by atoms with van der Waals surface area (Å²) in [5.74, 6) is 1.08. The Hall–Kier alpha value is -2.62. The molecule has 2 aromatic carbocycles. The van der Waals surface area contributed by atoms with Gasteiger partial charge in [0.2, 0.25) is 0 Å². The maximum Gasteiger partial charge on any atom is 0.277 e. The van der Waals surface area contributed by atoms with E-state index in [1.807, 2.05) is 54.6 Å². The van der Waals surface area contributed by atoms with Crippen LogP contribution in [-0.2, 0) is 4.79 Å². The molecule has 0 aliphatic rings. The number of hydrazone groups is 1. The maximum atomic E-state index is 12.2. The van der Waals surface area contributed by atoms with Gasteiger partial charge < -0.3 is 4.74 Å². The molecule has 2 rings (SSSR count). The highest BCUT2D eigenvalue weighted by Crippen LogP contribution is 2.28. The minimum Gasteiger partial charge on any atom is -0.483 e. The van der Waals surface area contributed by atoms with Crippen molar-refractivity contribution in [3.8, 4) is 5.75 Å². The van der Waals surface area contributed by atoms with Crippen LogP contribution in [0, 0.1) is 5.92 Å². The van der Waals surface area contributed by atoms with E-state index in [-0.39, 0.29) is 18.4 Å². The average molecular weight is 352 g/mol. The smallest absolute Gasteiger partial charge is 0.277 e. The van der Waals surface area contributed by atoms with Gasteiger partial charge in [-0.15, -0.1) is 0 Å². The molecule has 0 saturated carbocycles. The van der Waals surface area contributed by atoms with Crippen LogP contribution in [-0.4, -0.2) is 18.2 Å². The van der Waals surface area contributed by atoms with E-state index < -0.39 is 0 Å². The highest BCUT2D eigenvalue weighted by Gasteiger charge is 2.12. The van der Waals surface area contributed by atoms with E-state index in [0.29, 0.717) is 5.92 Å². The van der Waals surface area contributed by atoms with Gasteiger partial charge in [-0.3, -0.25) is 4.79 Å². The minimum absolute atomic E-state index is 0.0584. The van der Waals surface area contributed by atoms with Crippen molar-refractivity contribution < 1.29 is 9.53 Å². The summed E-state index contributed by atoms with van der Waals surface area (Å²) in [4.78, 5) is 12.2. The molecule has 0 bridgehead atoms. The van der Waals surface area contributed by atoms with E-state index >= 15 is 0 Å². The van der Waals surface area contributed by atoms with Gasteiger partial charge in [0.1, 0.15) is 5.75 Å². The third kappa shape index (κ3) is 5.45. The van der Waals surface area contributed by atoms with Crippen molar-refractivity contribution in [2.75, 3.05) is 6.61 Å². The number of ether oxygens (including phenoxy) is 1. The zero-order valence-corrected chi connectivity index (χ0v) is 16.0. The number of carbonyl (C=O) groups excluding carboxylic acids is 1. The van der Waals surface area contributed by atoms with E-state index in [4.69, 9.17) is 4.74 Å². The number of para-hydroxylation sites is 1. The van der Waals surface area contributed by atoms with Gasteiger partial charge in [0.15, 0.2) is 6.61 Å². The van der Waals surface area contributed by atoms with Gasteiger partial charge in [0, 0.05) is 0 Å². The molecule has 1 atom stereocenters. The Morgan fingerprint density at radius 2 is 1.69 bits per heavy atom. The number of amides is 1. The standard InChI is InChI=1S/C22H28N2O2/c1-5-17(4)19-13-9-10-14-20(19)26-15-21(25)23-24-22(16(2)3)18-11-7-6-8-12-18/h6-14,16-17H,5,15H2,1-4H3,(H,23,25). The number of rotatable bonds is 8. The van der Waals surface area contributed by atoms with Gasteiger partial charge in [0.05, 0.1) is 5.71 Å². The molecule has 0 aliphatic heterocycles. The third-order valence-electron chi connectivity index (χ3n) is 4.34. The number of nitrogens with one attached hydrogen (secondary N) is 1. The average Bonchev–Trinajstić information content (AvgIpc) is 2.66. The molecule has 26 heavy (non-hydrogen) atoms. The first-order valence-corrected chi connectivity index (χ1v) is 9.16. The van der Waals surface area contributed by atoms with E-state index in [0.717, 1.165) is 29.0 Å². The third-order valence-corrected chi connectivity index (χ3v) is 4.34. The Kier molecular flexibility index (Phi) is 7.39. The molecule has 4 nitrogen and oxygen atoms in total. The second kappa shape index (κ2) is 9.76. The summed E-state index contributed by atoms with van der Waals surface area (Å²) in [6, 6.07) is 17.7. The highest BCUT2D eigenvalue weighted by molar-refractivity contribution is 6.02. The van der Waals surface area contributed by atoms with Crippen LogP contribution < -0.4 is 10.2 Å². The van der Waals surface area contributed by atoms with Crippen molar-refractivity contribution >= 4 is 11.6 Å². The second-order valence-electron chi connectivity index (χ2n) is 6.69. The molecular weight excluding hydrogens is 324 g/mol. The molecule has 4 heteroatoms. The summed E-state index contributed by atoms with van der Waals surface area (Å²) in [6.07, 6.45) is 1.02. The zero-order chi connectivity index (χ0) is 18.9. The predicted octanol–water partition coefficient (Wildman–Crippen LogP) is 4.76. The fourth-order valence-corrected chi connectivity index (χ4v) is 2.67. The van der Waals surface area contributed by atoms with Gasteiger partial charge in [-0.05, 0) is 35.4 Å². The molecule has 0 radical (unpaired) electrons. The summed E-state index contributed by atoms with van der Waals surface area (Å²) in [5.41, 5.74) is 5.59. The van der Waals surface area contributed by atoms with Crippen molar-refractivity contribution in [3.63, 3.8) is 0 Å². The van der Waals surface area contributed by atoms with Crippen LogP contribution in [0.4, 0.5) is 0 Å². The molecule has 0 fully saturated rings. The Balaban J connectivity index is 2.01. The molecule has 138 valence electrons. The van der Waals surface area contributed by atoms with Crippen molar-refractivity contribution in [1.82, 2.24) is 5.43 Å². The zero-order valence-electron chi connectivity index (χ0n) is 16.0. The fourth-order valence-electron chi connectivity index (χ4n) is 2.67. The summed E-state index contributed by atoms with van der Waals surface area (Å²) < 4.78 is 5.74. The predicted molar refractivity (Wildman–Crippen MR) is 107 cm³/mol. The normalized spacial score (nSPS) is 12.7. The monoisotopic (exact) mass is 352 g/mol. The van der Waals surface area contributed by atoms with Crippen molar-refractivity contribution in [1.29, 1.82) is 0 Å². The Morgan fingerprint density at radius 3 is 2.35 bits per heavy atom. The number of hydrogen-bond donors (Lipinski definition) is 1. The number of carbonyl (C=O) groups is 1. The first-order valence-electron chi connectivity index (χ1n) is 9.16. The van der Waals surface area contributed by atoms with Crippen LogP contribution in [0.1, 0.15) is 51.2 Å². The molecule has 1 N–H and O–H groups in total. The lowest BCUT2D eigenvalue weighted by atomic mass is 9.98. The molecule has 0 aromatic heterocycles. The fraction of sp³-hybridized carbons (Fsp3) is 0.364. The topological polar surface area (TPSA) is 50.7 Å². The molecule has 0 saturated heterocycles. The van der Waals surface area contributed by atoms with E-state index in [1.54, 1.807) is 0 Å². The van der Waals surface area contributed by atoms with Gasteiger partial charge in [-0.1, -0.05) is 76.2 Å². The number of nitrogens with zero attached hydrogens (tertiary/aromatic N) is 1. The lowest BCUT2D eigenvalue weighted by molar-refractivity contribution is -0.123. The molecule has 2 aromatic rings. The number of hydrogen-bond acceptors (Lipinski definition) is 3. The van der Waals surface area contributed by atoms with E-state index in [9.17, 15) is 4.79 Å². The van der Waals surface area contributed by atoms with Crippen LogP contribution in [0.3, 0.4) is 0 Å². The van der Waals surface area contributed by atoms with Gasteiger partial charge in [0.25, 0.3) is 5.91 Å². The lowest BCUT2D eigenvalue weighted by Gasteiger charge is -2.15. The van der Waals surface area contributed by atoms with Crippen LogP contribution >= 0.6 is 0 Å². The van der Waals surface area contributed by atoms with Crippen molar-refractivity contribution in [3.05, 3.63) is 65.7 Å². The van der Waals surface area contributed by atoms with Crippen LogP contribution in [0.5, 0.6) is 5.75 Å². The van der Waals surface area contributed by atoms with E-state index in [2.05, 4.69) is 38.2 Å². The molecule has 0 spiro atoms. The molecule has 1 amide bonds. The SMILES string of the molecule is CCC(C)c1ccccc1OCC(=O)NN=C(c1ccccc1)C(C)C. The Morgan fingerprint density at radius 1 is 1.04 bits per heavy atom. The molecule has 0 heterocycles. The maximum absolute atomic E-state index is 12.2. The first-order chi connectivity index (χ1) is 12.5. The Labute approximate surface area is 156 Å². The highest BCUT2D eigenvalue weighted by atomic mass is 16.5. The van der Waals surface area contributed by atoms with Crippen LogP contribution in [0.2, 0.25) is 0 Å². The lowest BCUT2D eigenvalue weighted by Crippen LogP contribution is -2.27.